The molecule has 0 aliphatic carbocycles. The average Bonchev–Trinajstić information content (AvgIpc) is 2.00. The zero-order chi connectivity index (χ0) is 9.89. The summed E-state index contributed by atoms with van der Waals surface area (Å²) in [4.78, 5) is 15.5. The number of carbonyl (C=O) groups excluding carboxylic acids is 1. The van der Waals surface area contributed by atoms with Crippen molar-refractivity contribution in [3.63, 3.8) is 0 Å². The number of likely N-dealkylation sites (N-methyl/N-ethyl adjacent to an activating group) is 2. The minimum atomic E-state index is 0.00222. The predicted molar refractivity (Wildman–Crippen MR) is 51.3 cm³/mol. The van der Waals surface area contributed by atoms with Crippen LogP contribution in [0.1, 0.15) is 13.8 Å². The predicted octanol–water partition coefficient (Wildman–Crippen LogP) is 0.456. The number of hydrogen-bond acceptors (Lipinski definition) is 3. The molecule has 0 saturated heterocycles. The summed E-state index contributed by atoms with van der Waals surface area (Å²) in [5.41, 5.74) is 0. The van der Waals surface area contributed by atoms with Crippen molar-refractivity contribution in [2.75, 3.05) is 28.2 Å². The molecule has 2 atom stereocenters. The van der Waals surface area contributed by atoms with Gasteiger partial charge in [-0.1, -0.05) is 0 Å². The van der Waals surface area contributed by atoms with Crippen molar-refractivity contribution >= 4 is 5.78 Å². The first-order valence-electron chi connectivity index (χ1n) is 4.24. The molecule has 0 radical (unpaired) electrons. The highest BCUT2D eigenvalue weighted by Gasteiger charge is 2.22. The topological polar surface area (TPSA) is 23.6 Å². The number of rotatable bonds is 4. The van der Waals surface area contributed by atoms with E-state index in [1.807, 2.05) is 51.8 Å². The van der Waals surface area contributed by atoms with Gasteiger partial charge in [0.05, 0.1) is 12.1 Å². The summed E-state index contributed by atoms with van der Waals surface area (Å²) in [6.45, 7) is 3.87. The van der Waals surface area contributed by atoms with Gasteiger partial charge in [-0.25, -0.2) is 0 Å². The number of nitrogens with zero attached hydrogens (tertiary/aromatic N) is 2. The van der Waals surface area contributed by atoms with Crippen LogP contribution in [0.4, 0.5) is 0 Å². The van der Waals surface area contributed by atoms with Crippen LogP contribution in [0.25, 0.3) is 0 Å². The minimum absolute atomic E-state index is 0.00222. The third kappa shape index (κ3) is 2.91. The molecule has 2 unspecified atom stereocenters. The van der Waals surface area contributed by atoms with Crippen molar-refractivity contribution in [2.24, 2.45) is 0 Å². The van der Waals surface area contributed by atoms with E-state index in [1.165, 1.54) is 0 Å². The van der Waals surface area contributed by atoms with Crippen LogP contribution in [0, 0.1) is 0 Å². The van der Waals surface area contributed by atoms with Gasteiger partial charge >= 0.3 is 0 Å². The molecule has 0 amide bonds. The summed E-state index contributed by atoms with van der Waals surface area (Å²) in [6, 6.07) is 0.00444. The van der Waals surface area contributed by atoms with E-state index in [-0.39, 0.29) is 17.9 Å². The van der Waals surface area contributed by atoms with E-state index >= 15 is 0 Å². The van der Waals surface area contributed by atoms with Gasteiger partial charge in [-0.15, -0.1) is 0 Å². The van der Waals surface area contributed by atoms with Gasteiger partial charge in [-0.05, 0) is 42.0 Å². The van der Waals surface area contributed by atoms with Crippen LogP contribution >= 0.6 is 0 Å². The molecule has 3 heteroatoms. The maximum atomic E-state index is 11.6. The van der Waals surface area contributed by atoms with Gasteiger partial charge in [0, 0.05) is 0 Å². The highest BCUT2D eigenvalue weighted by Crippen LogP contribution is 2.01. The van der Waals surface area contributed by atoms with Crippen molar-refractivity contribution in [3.8, 4) is 0 Å². The molecule has 0 aliphatic heterocycles. The third-order valence-corrected chi connectivity index (χ3v) is 2.37. The van der Waals surface area contributed by atoms with Gasteiger partial charge in [0.25, 0.3) is 0 Å². The molecule has 0 rings (SSSR count). The van der Waals surface area contributed by atoms with Crippen LogP contribution in [-0.4, -0.2) is 55.9 Å². The molecular formula is C9H20N2O. The minimum Gasteiger partial charge on any atom is -0.300 e. The number of ketones is 1. The largest absolute Gasteiger partial charge is 0.300 e. The van der Waals surface area contributed by atoms with Gasteiger partial charge in [0.1, 0.15) is 0 Å². The smallest absolute Gasteiger partial charge is 0.166 e. The van der Waals surface area contributed by atoms with E-state index in [0.29, 0.717) is 0 Å². The van der Waals surface area contributed by atoms with Crippen molar-refractivity contribution < 1.29 is 4.79 Å². The van der Waals surface area contributed by atoms with Crippen LogP contribution < -0.4 is 0 Å². The molecule has 0 fully saturated rings. The number of Topliss-reactive ketones (excluding diaryl/α,β-unsaturated/α-hetero) is 1. The second-order valence-corrected chi connectivity index (χ2v) is 3.68. The second kappa shape index (κ2) is 4.58. The summed E-state index contributed by atoms with van der Waals surface area (Å²) in [7, 11) is 7.69. The van der Waals surface area contributed by atoms with E-state index < -0.39 is 0 Å². The Balaban J connectivity index is 4.19. The van der Waals surface area contributed by atoms with E-state index in [2.05, 4.69) is 0 Å². The Kier molecular flexibility index (Phi) is 4.42. The molecule has 0 spiro atoms. The van der Waals surface area contributed by atoms with Crippen molar-refractivity contribution in [3.05, 3.63) is 0 Å². The zero-order valence-corrected chi connectivity index (χ0v) is 8.96. The quantitative estimate of drug-likeness (QED) is 0.615. The normalized spacial score (nSPS) is 16.7. The SMILES string of the molecule is CC(C(=O)C(C)N(C)C)N(C)C. The van der Waals surface area contributed by atoms with Crippen LogP contribution in [0.3, 0.4) is 0 Å². The van der Waals surface area contributed by atoms with Crippen LogP contribution in [0.15, 0.2) is 0 Å². The first kappa shape index (κ1) is 11.6. The summed E-state index contributed by atoms with van der Waals surface area (Å²) in [5.74, 6) is 0.269. The average molecular weight is 172 g/mol. The van der Waals surface area contributed by atoms with Gasteiger partial charge in [0.2, 0.25) is 0 Å². The molecule has 72 valence electrons. The number of carbonyl (C=O) groups is 1. The van der Waals surface area contributed by atoms with E-state index in [9.17, 15) is 4.79 Å². The Bertz CT molecular complexity index is 139. The molecule has 0 aliphatic rings. The highest BCUT2D eigenvalue weighted by molar-refractivity contribution is 5.88. The summed E-state index contributed by atoms with van der Waals surface area (Å²) in [6.07, 6.45) is 0. The lowest BCUT2D eigenvalue weighted by atomic mass is 10.1. The Morgan fingerprint density at radius 3 is 1.33 bits per heavy atom. The van der Waals surface area contributed by atoms with E-state index in [1.54, 1.807) is 0 Å². The fourth-order valence-electron chi connectivity index (χ4n) is 0.858. The molecule has 12 heavy (non-hydrogen) atoms. The van der Waals surface area contributed by atoms with Gasteiger partial charge in [0.15, 0.2) is 5.78 Å². The first-order chi connectivity index (χ1) is 5.37. The monoisotopic (exact) mass is 172 g/mol. The Labute approximate surface area is 75.3 Å². The highest BCUT2D eigenvalue weighted by atomic mass is 16.1. The van der Waals surface area contributed by atoms with Gasteiger partial charge < -0.3 is 0 Å². The Hall–Kier alpha value is -0.410. The maximum Gasteiger partial charge on any atom is 0.166 e. The van der Waals surface area contributed by atoms with Crippen molar-refractivity contribution in [2.45, 2.75) is 25.9 Å². The molecule has 0 bridgehead atoms. The van der Waals surface area contributed by atoms with Gasteiger partial charge in [-0.3, -0.25) is 14.6 Å². The standard InChI is InChI=1S/C9H20N2O/c1-7(10(3)4)9(12)8(2)11(5)6/h7-8H,1-6H3. The first-order valence-corrected chi connectivity index (χ1v) is 4.24. The van der Waals surface area contributed by atoms with Crippen LogP contribution in [0.5, 0.6) is 0 Å². The molecule has 0 aromatic carbocycles. The molecule has 0 aromatic heterocycles. The Morgan fingerprint density at radius 2 is 1.17 bits per heavy atom. The lowest BCUT2D eigenvalue weighted by Gasteiger charge is -2.25. The fraction of sp³-hybridized carbons (Fsp3) is 0.889. The summed E-state index contributed by atoms with van der Waals surface area (Å²) in [5, 5.41) is 0. The third-order valence-electron chi connectivity index (χ3n) is 2.37. The van der Waals surface area contributed by atoms with Crippen molar-refractivity contribution in [1.29, 1.82) is 0 Å². The molecule has 0 aromatic rings. The fourth-order valence-corrected chi connectivity index (χ4v) is 0.858. The second-order valence-electron chi connectivity index (χ2n) is 3.68. The van der Waals surface area contributed by atoms with Crippen LogP contribution in [0.2, 0.25) is 0 Å². The molecule has 0 saturated carbocycles. The Morgan fingerprint density at radius 1 is 0.917 bits per heavy atom. The molecular weight excluding hydrogens is 152 g/mol. The lowest BCUT2D eigenvalue weighted by molar-refractivity contribution is -0.126. The van der Waals surface area contributed by atoms with E-state index in [4.69, 9.17) is 0 Å². The zero-order valence-electron chi connectivity index (χ0n) is 8.96. The van der Waals surface area contributed by atoms with Crippen molar-refractivity contribution in [1.82, 2.24) is 9.80 Å². The molecule has 0 heterocycles. The van der Waals surface area contributed by atoms with Crippen LogP contribution in [-0.2, 0) is 4.79 Å². The van der Waals surface area contributed by atoms with Gasteiger partial charge in [-0.2, -0.15) is 0 Å². The maximum absolute atomic E-state index is 11.6. The number of hydrogen-bond donors (Lipinski definition) is 0. The summed E-state index contributed by atoms with van der Waals surface area (Å²) < 4.78 is 0. The van der Waals surface area contributed by atoms with E-state index in [0.717, 1.165) is 0 Å². The summed E-state index contributed by atoms with van der Waals surface area (Å²) >= 11 is 0. The molecule has 0 N–H and O–H groups in total. The molecule has 3 nitrogen and oxygen atoms in total. The lowest BCUT2D eigenvalue weighted by Crippen LogP contribution is -2.44.